The standard InChI is InChI=1S/C15H24N4O/c1-11-9-12(6-7-14(11)17-16)15(20)19-8-4-5-13(19)10-18(2)3/h6-7,9,13,17H,4-5,8,10,16H2,1-3H3. The highest BCUT2D eigenvalue weighted by Crippen LogP contribution is 2.22. The minimum atomic E-state index is 0.126. The molecule has 1 aliphatic heterocycles. The fourth-order valence-electron chi connectivity index (χ4n) is 2.84. The number of amides is 1. The van der Waals surface area contributed by atoms with Crippen LogP contribution in [0, 0.1) is 6.92 Å². The topological polar surface area (TPSA) is 61.6 Å². The van der Waals surface area contributed by atoms with Crippen LogP contribution in [0.2, 0.25) is 0 Å². The van der Waals surface area contributed by atoms with Gasteiger partial charge >= 0.3 is 0 Å². The second-order valence-electron chi connectivity index (χ2n) is 5.73. The van der Waals surface area contributed by atoms with E-state index in [0.29, 0.717) is 6.04 Å². The van der Waals surface area contributed by atoms with Crippen LogP contribution >= 0.6 is 0 Å². The van der Waals surface area contributed by atoms with E-state index in [-0.39, 0.29) is 5.91 Å². The first-order valence-electron chi connectivity index (χ1n) is 7.06. The molecule has 1 heterocycles. The van der Waals surface area contributed by atoms with Crippen LogP contribution in [0.25, 0.3) is 0 Å². The summed E-state index contributed by atoms with van der Waals surface area (Å²) in [5.41, 5.74) is 5.22. The van der Waals surface area contributed by atoms with Gasteiger partial charge in [0.25, 0.3) is 5.91 Å². The zero-order valence-electron chi connectivity index (χ0n) is 12.5. The average Bonchev–Trinajstić information content (AvgIpc) is 2.85. The van der Waals surface area contributed by atoms with Gasteiger partial charge in [-0.3, -0.25) is 10.6 Å². The smallest absolute Gasteiger partial charge is 0.254 e. The number of aryl methyl sites for hydroxylation is 1. The van der Waals surface area contributed by atoms with Gasteiger partial charge in [-0.15, -0.1) is 0 Å². The molecule has 1 aromatic rings. The first-order chi connectivity index (χ1) is 9.52. The van der Waals surface area contributed by atoms with Crippen molar-refractivity contribution in [3.8, 4) is 0 Å². The number of nitrogens with one attached hydrogen (secondary N) is 1. The van der Waals surface area contributed by atoms with Crippen LogP contribution < -0.4 is 11.3 Å². The fraction of sp³-hybridized carbons (Fsp3) is 0.533. The minimum Gasteiger partial charge on any atom is -0.334 e. The molecule has 20 heavy (non-hydrogen) atoms. The summed E-state index contributed by atoms with van der Waals surface area (Å²) in [6, 6.07) is 5.93. The average molecular weight is 276 g/mol. The quantitative estimate of drug-likeness (QED) is 0.645. The number of carbonyl (C=O) groups excluding carboxylic acids is 1. The van der Waals surface area contributed by atoms with E-state index in [0.717, 1.165) is 42.7 Å². The number of likely N-dealkylation sites (N-methyl/N-ethyl adjacent to an activating group) is 1. The molecule has 1 amide bonds. The van der Waals surface area contributed by atoms with Crippen molar-refractivity contribution >= 4 is 11.6 Å². The lowest BCUT2D eigenvalue weighted by atomic mass is 10.1. The van der Waals surface area contributed by atoms with Crippen LogP contribution in [0.3, 0.4) is 0 Å². The van der Waals surface area contributed by atoms with Crippen molar-refractivity contribution in [2.24, 2.45) is 5.84 Å². The maximum Gasteiger partial charge on any atom is 0.254 e. The monoisotopic (exact) mass is 276 g/mol. The minimum absolute atomic E-state index is 0.126. The van der Waals surface area contributed by atoms with Crippen molar-refractivity contribution in [1.82, 2.24) is 9.80 Å². The number of hydrazine groups is 1. The van der Waals surface area contributed by atoms with Gasteiger partial charge in [0, 0.05) is 24.7 Å². The summed E-state index contributed by atoms with van der Waals surface area (Å²) in [4.78, 5) is 16.8. The van der Waals surface area contributed by atoms with E-state index >= 15 is 0 Å². The van der Waals surface area contributed by atoms with Crippen molar-refractivity contribution in [1.29, 1.82) is 0 Å². The molecule has 1 aromatic carbocycles. The Morgan fingerprint density at radius 3 is 2.85 bits per heavy atom. The number of nitrogen functional groups attached to an aromatic ring is 1. The molecule has 0 spiro atoms. The number of anilines is 1. The Hall–Kier alpha value is -1.59. The highest BCUT2D eigenvalue weighted by Gasteiger charge is 2.29. The fourth-order valence-corrected chi connectivity index (χ4v) is 2.84. The van der Waals surface area contributed by atoms with Crippen molar-refractivity contribution in [3.63, 3.8) is 0 Å². The largest absolute Gasteiger partial charge is 0.334 e. The predicted molar refractivity (Wildman–Crippen MR) is 81.6 cm³/mol. The Labute approximate surface area is 120 Å². The van der Waals surface area contributed by atoms with Crippen molar-refractivity contribution in [2.75, 3.05) is 32.6 Å². The van der Waals surface area contributed by atoms with E-state index in [1.54, 1.807) is 0 Å². The lowest BCUT2D eigenvalue weighted by molar-refractivity contribution is 0.0716. The molecule has 110 valence electrons. The van der Waals surface area contributed by atoms with Gasteiger partial charge in [-0.2, -0.15) is 0 Å². The molecule has 0 aromatic heterocycles. The van der Waals surface area contributed by atoms with Crippen LogP contribution in [0.4, 0.5) is 5.69 Å². The summed E-state index contributed by atoms with van der Waals surface area (Å²) >= 11 is 0. The van der Waals surface area contributed by atoms with Gasteiger partial charge in [-0.05, 0) is 57.6 Å². The first kappa shape index (κ1) is 14.8. The normalized spacial score (nSPS) is 18.6. The van der Waals surface area contributed by atoms with Gasteiger partial charge in [-0.25, -0.2) is 0 Å². The SMILES string of the molecule is Cc1cc(C(=O)N2CCCC2CN(C)C)ccc1NN. The number of hydrogen-bond donors (Lipinski definition) is 2. The Morgan fingerprint density at radius 2 is 2.25 bits per heavy atom. The molecule has 3 N–H and O–H groups in total. The summed E-state index contributed by atoms with van der Waals surface area (Å²) in [6.07, 6.45) is 2.18. The number of carbonyl (C=O) groups is 1. The van der Waals surface area contributed by atoms with E-state index < -0.39 is 0 Å². The molecule has 2 rings (SSSR count). The lowest BCUT2D eigenvalue weighted by Gasteiger charge is -2.27. The summed E-state index contributed by atoms with van der Waals surface area (Å²) in [5, 5.41) is 0. The van der Waals surface area contributed by atoms with Crippen molar-refractivity contribution in [2.45, 2.75) is 25.8 Å². The Balaban J connectivity index is 2.16. The summed E-state index contributed by atoms with van der Waals surface area (Å²) < 4.78 is 0. The molecule has 1 aliphatic rings. The third-order valence-corrected chi connectivity index (χ3v) is 3.84. The van der Waals surface area contributed by atoms with Crippen LogP contribution in [-0.4, -0.2) is 48.9 Å². The number of benzene rings is 1. The van der Waals surface area contributed by atoms with Gasteiger partial charge in [0.15, 0.2) is 0 Å². The lowest BCUT2D eigenvalue weighted by Crippen LogP contribution is -2.41. The molecule has 0 saturated carbocycles. The van der Waals surface area contributed by atoms with E-state index in [2.05, 4.69) is 10.3 Å². The second kappa shape index (κ2) is 6.24. The highest BCUT2D eigenvalue weighted by molar-refractivity contribution is 5.95. The van der Waals surface area contributed by atoms with E-state index in [1.165, 1.54) is 0 Å². The van der Waals surface area contributed by atoms with Gasteiger partial charge in [0.05, 0.1) is 5.69 Å². The van der Waals surface area contributed by atoms with Gasteiger partial charge < -0.3 is 15.2 Å². The predicted octanol–water partition coefficient (Wildman–Crippen LogP) is 1.45. The Morgan fingerprint density at radius 1 is 1.50 bits per heavy atom. The summed E-state index contributed by atoms with van der Waals surface area (Å²) in [5.74, 6) is 5.55. The van der Waals surface area contributed by atoms with E-state index in [1.807, 2.05) is 44.1 Å². The van der Waals surface area contributed by atoms with Crippen LogP contribution in [-0.2, 0) is 0 Å². The first-order valence-corrected chi connectivity index (χ1v) is 7.06. The van der Waals surface area contributed by atoms with Gasteiger partial charge in [0.2, 0.25) is 0 Å². The van der Waals surface area contributed by atoms with Gasteiger partial charge in [0.1, 0.15) is 0 Å². The Kier molecular flexibility index (Phi) is 4.62. The third-order valence-electron chi connectivity index (χ3n) is 3.84. The van der Waals surface area contributed by atoms with Crippen molar-refractivity contribution < 1.29 is 4.79 Å². The highest BCUT2D eigenvalue weighted by atomic mass is 16.2. The zero-order valence-corrected chi connectivity index (χ0v) is 12.5. The van der Waals surface area contributed by atoms with E-state index in [9.17, 15) is 4.79 Å². The van der Waals surface area contributed by atoms with Crippen LogP contribution in [0.1, 0.15) is 28.8 Å². The van der Waals surface area contributed by atoms with Crippen molar-refractivity contribution in [3.05, 3.63) is 29.3 Å². The number of likely N-dealkylation sites (tertiary alicyclic amines) is 1. The third kappa shape index (κ3) is 3.11. The van der Waals surface area contributed by atoms with E-state index in [4.69, 9.17) is 5.84 Å². The molecule has 0 radical (unpaired) electrons. The maximum absolute atomic E-state index is 12.6. The Bertz CT molecular complexity index is 487. The second-order valence-corrected chi connectivity index (χ2v) is 5.73. The molecule has 5 nitrogen and oxygen atoms in total. The molecule has 0 aliphatic carbocycles. The molecule has 0 bridgehead atoms. The molecular weight excluding hydrogens is 252 g/mol. The molecular formula is C15H24N4O. The number of hydrogen-bond acceptors (Lipinski definition) is 4. The van der Waals surface area contributed by atoms with Crippen LogP contribution in [0.5, 0.6) is 0 Å². The zero-order chi connectivity index (χ0) is 14.7. The van der Waals surface area contributed by atoms with Gasteiger partial charge in [-0.1, -0.05) is 0 Å². The maximum atomic E-state index is 12.6. The summed E-state index contributed by atoms with van der Waals surface area (Å²) in [6.45, 7) is 3.73. The molecule has 1 unspecified atom stereocenters. The number of rotatable bonds is 4. The molecule has 5 heteroatoms. The number of nitrogens with two attached hydrogens (primary N) is 1. The summed E-state index contributed by atoms with van der Waals surface area (Å²) in [7, 11) is 4.10. The van der Waals surface area contributed by atoms with Crippen LogP contribution in [0.15, 0.2) is 18.2 Å². The molecule has 1 atom stereocenters. The number of nitrogens with zero attached hydrogens (tertiary/aromatic N) is 2. The molecule has 1 fully saturated rings. The molecule has 1 saturated heterocycles.